The second-order valence-corrected chi connectivity index (χ2v) is 4.01. The van der Waals surface area contributed by atoms with Crippen molar-refractivity contribution in [1.82, 2.24) is 20.5 Å². The van der Waals surface area contributed by atoms with E-state index >= 15 is 0 Å². The van der Waals surface area contributed by atoms with Crippen LogP contribution in [-0.2, 0) is 4.79 Å². The van der Waals surface area contributed by atoms with E-state index in [4.69, 9.17) is 0 Å². The Labute approximate surface area is 100 Å². The summed E-state index contributed by atoms with van der Waals surface area (Å²) in [5, 5.41) is 10.2. The van der Waals surface area contributed by atoms with Gasteiger partial charge in [-0.2, -0.15) is 0 Å². The Morgan fingerprint density at radius 1 is 1.60 bits per heavy atom. The van der Waals surface area contributed by atoms with Gasteiger partial charge in [-0.25, -0.2) is 0 Å². The van der Waals surface area contributed by atoms with Crippen molar-refractivity contribution in [3.8, 4) is 0 Å². The molecule has 0 spiro atoms. The molecular formula is C8H11IN4O2. The van der Waals surface area contributed by atoms with Crippen molar-refractivity contribution in [1.29, 1.82) is 0 Å². The van der Waals surface area contributed by atoms with Crippen LogP contribution >= 0.6 is 22.6 Å². The lowest BCUT2D eigenvalue weighted by Crippen LogP contribution is -2.32. The summed E-state index contributed by atoms with van der Waals surface area (Å²) in [6.45, 7) is 3.26. The normalized spacial score (nSPS) is 12.2. The number of amides is 1. The van der Waals surface area contributed by atoms with Gasteiger partial charge in [0.1, 0.15) is 0 Å². The highest BCUT2D eigenvalue weighted by Crippen LogP contribution is 2.08. The molecule has 1 atom stereocenters. The molecule has 1 rings (SSSR count). The number of H-pyrrole nitrogens is 1. The van der Waals surface area contributed by atoms with Gasteiger partial charge in [-0.1, -0.05) is 6.92 Å². The van der Waals surface area contributed by atoms with Crippen LogP contribution in [0.25, 0.3) is 0 Å². The van der Waals surface area contributed by atoms with E-state index in [-0.39, 0.29) is 23.2 Å². The predicted octanol–water partition coefficient (Wildman–Crippen LogP) is 0.357. The molecule has 0 aliphatic carbocycles. The van der Waals surface area contributed by atoms with Gasteiger partial charge in [-0.05, 0) is 6.42 Å². The molecule has 2 N–H and O–H groups in total. The predicted molar refractivity (Wildman–Crippen MR) is 62.2 cm³/mol. The quantitative estimate of drug-likeness (QED) is 0.787. The molecule has 1 unspecified atom stereocenters. The second kappa shape index (κ2) is 5.19. The molecule has 0 fully saturated rings. The molecule has 0 aromatic carbocycles. The average Bonchev–Trinajstić information content (AvgIpc) is 2.14. The lowest BCUT2D eigenvalue weighted by molar-refractivity contribution is -0.119. The van der Waals surface area contributed by atoms with E-state index in [9.17, 15) is 9.59 Å². The maximum atomic E-state index is 11.5. The zero-order valence-electron chi connectivity index (χ0n) is 8.37. The molecule has 82 valence electrons. The van der Waals surface area contributed by atoms with E-state index in [0.717, 1.165) is 0 Å². The monoisotopic (exact) mass is 322 g/mol. The molecule has 0 saturated heterocycles. The van der Waals surface area contributed by atoms with Crippen molar-refractivity contribution in [2.24, 2.45) is 0 Å². The number of carbonyl (C=O) groups is 1. The average molecular weight is 322 g/mol. The van der Waals surface area contributed by atoms with Gasteiger partial charge < -0.3 is 5.32 Å². The fraction of sp³-hybridized carbons (Fsp3) is 0.500. The Balaban J connectivity index is 3.02. The second-order valence-electron chi connectivity index (χ2n) is 2.99. The summed E-state index contributed by atoms with van der Waals surface area (Å²) in [7, 11) is 0. The van der Waals surface area contributed by atoms with E-state index in [1.807, 2.05) is 29.5 Å². The molecular weight excluding hydrogens is 311 g/mol. The number of aromatic amines is 1. The van der Waals surface area contributed by atoms with Gasteiger partial charge in [-0.15, -0.1) is 10.2 Å². The molecule has 6 nitrogen and oxygen atoms in total. The highest BCUT2D eigenvalue weighted by molar-refractivity contribution is 14.1. The van der Waals surface area contributed by atoms with Crippen molar-refractivity contribution in [2.45, 2.75) is 26.3 Å². The summed E-state index contributed by atoms with van der Waals surface area (Å²) in [6.07, 6.45) is 0.595. The summed E-state index contributed by atoms with van der Waals surface area (Å²) in [5.41, 5.74) is -0.0666. The van der Waals surface area contributed by atoms with Gasteiger partial charge in [0.25, 0.3) is 5.56 Å². The summed E-state index contributed by atoms with van der Waals surface area (Å²) in [4.78, 5) is 24.9. The van der Waals surface area contributed by atoms with Gasteiger partial charge in [0.05, 0.1) is 6.04 Å². The van der Waals surface area contributed by atoms with Crippen LogP contribution in [-0.4, -0.2) is 21.1 Å². The first-order chi connectivity index (χ1) is 7.04. The van der Waals surface area contributed by atoms with Crippen molar-refractivity contribution < 1.29 is 4.79 Å². The number of hydrogen-bond acceptors (Lipinski definition) is 4. The Morgan fingerprint density at radius 3 is 2.73 bits per heavy atom. The summed E-state index contributed by atoms with van der Waals surface area (Å²) >= 11 is 1.87. The molecule has 1 aromatic heterocycles. The first kappa shape index (κ1) is 12.1. The number of halogens is 1. The minimum atomic E-state index is -0.379. The van der Waals surface area contributed by atoms with Gasteiger partial charge in [0.15, 0.2) is 9.53 Å². The minimum Gasteiger partial charge on any atom is -0.348 e. The minimum absolute atomic E-state index is 0.193. The summed E-state index contributed by atoms with van der Waals surface area (Å²) in [6, 6.07) is -0.379. The summed E-state index contributed by atoms with van der Waals surface area (Å²) < 4.78 is 0.430. The van der Waals surface area contributed by atoms with E-state index < -0.39 is 0 Å². The van der Waals surface area contributed by atoms with Crippen LogP contribution < -0.4 is 10.9 Å². The van der Waals surface area contributed by atoms with E-state index in [1.54, 1.807) is 0 Å². The topological polar surface area (TPSA) is 87.7 Å². The molecule has 1 amide bonds. The molecule has 0 aliphatic rings. The smallest absolute Gasteiger partial charge is 0.275 e. The number of aromatic nitrogens is 3. The lowest BCUT2D eigenvalue weighted by Gasteiger charge is -2.13. The Morgan fingerprint density at radius 2 is 2.27 bits per heavy atom. The Bertz CT molecular complexity index is 417. The van der Waals surface area contributed by atoms with E-state index in [0.29, 0.717) is 10.3 Å². The van der Waals surface area contributed by atoms with Crippen LogP contribution in [0.3, 0.4) is 0 Å². The third-order valence-corrected chi connectivity index (χ3v) is 2.30. The first-order valence-corrected chi connectivity index (χ1v) is 5.52. The fourth-order valence-electron chi connectivity index (χ4n) is 1.16. The highest BCUT2D eigenvalue weighted by atomic mass is 127. The Hall–Kier alpha value is -0.990. The van der Waals surface area contributed by atoms with Gasteiger partial charge in [0.2, 0.25) is 5.91 Å². The highest BCUT2D eigenvalue weighted by Gasteiger charge is 2.16. The van der Waals surface area contributed by atoms with E-state index in [1.165, 1.54) is 6.92 Å². The maximum absolute atomic E-state index is 11.5. The molecule has 1 heterocycles. The van der Waals surface area contributed by atoms with Crippen LogP contribution in [0.1, 0.15) is 32.0 Å². The van der Waals surface area contributed by atoms with Crippen molar-refractivity contribution in [2.75, 3.05) is 0 Å². The number of hydrogen-bond donors (Lipinski definition) is 2. The Kier molecular flexibility index (Phi) is 4.18. The summed E-state index contributed by atoms with van der Waals surface area (Å²) in [5.74, 6) is -0.193. The molecule has 0 bridgehead atoms. The molecule has 0 aliphatic heterocycles. The maximum Gasteiger partial charge on any atom is 0.275 e. The third kappa shape index (κ3) is 3.26. The van der Waals surface area contributed by atoms with Crippen LogP contribution in [0, 0.1) is 3.83 Å². The molecule has 0 saturated carbocycles. The first-order valence-electron chi connectivity index (χ1n) is 4.44. The molecule has 15 heavy (non-hydrogen) atoms. The number of nitrogens with one attached hydrogen (secondary N) is 2. The molecule has 1 aromatic rings. The lowest BCUT2D eigenvalue weighted by atomic mass is 10.1. The standard InChI is InChI=1S/C8H11IN4O2/c1-3-5(10-4(2)14)6-7(15)11-8(9)13-12-6/h5H,3H2,1-2H3,(H,10,14)(H,11,13,15). The largest absolute Gasteiger partial charge is 0.348 e. The fourth-order valence-corrected chi connectivity index (χ4v) is 1.52. The van der Waals surface area contributed by atoms with Gasteiger partial charge >= 0.3 is 0 Å². The van der Waals surface area contributed by atoms with Gasteiger partial charge in [0, 0.05) is 29.5 Å². The van der Waals surface area contributed by atoms with Crippen molar-refractivity contribution in [3.63, 3.8) is 0 Å². The van der Waals surface area contributed by atoms with Crippen molar-refractivity contribution >= 4 is 28.5 Å². The van der Waals surface area contributed by atoms with Crippen LogP contribution in [0.15, 0.2) is 4.79 Å². The number of nitrogens with zero attached hydrogens (tertiary/aromatic N) is 2. The van der Waals surface area contributed by atoms with Crippen molar-refractivity contribution in [3.05, 3.63) is 19.9 Å². The SMILES string of the molecule is CCC(NC(C)=O)c1nnc(I)[nH]c1=O. The van der Waals surface area contributed by atoms with E-state index in [2.05, 4.69) is 20.5 Å². The third-order valence-electron chi connectivity index (χ3n) is 1.81. The zero-order chi connectivity index (χ0) is 11.4. The molecule has 0 radical (unpaired) electrons. The van der Waals surface area contributed by atoms with Crippen LogP contribution in [0.4, 0.5) is 0 Å². The molecule has 7 heteroatoms. The zero-order valence-corrected chi connectivity index (χ0v) is 10.5. The number of rotatable bonds is 3. The number of carbonyl (C=O) groups excluding carboxylic acids is 1. The van der Waals surface area contributed by atoms with Crippen LogP contribution in [0.5, 0.6) is 0 Å². The van der Waals surface area contributed by atoms with Crippen LogP contribution in [0.2, 0.25) is 0 Å². The van der Waals surface area contributed by atoms with Gasteiger partial charge in [-0.3, -0.25) is 14.6 Å².